The van der Waals surface area contributed by atoms with Gasteiger partial charge in [0.2, 0.25) is 0 Å². The predicted octanol–water partition coefficient (Wildman–Crippen LogP) is -2.50. The Morgan fingerprint density at radius 1 is 0.968 bits per heavy atom. The number of anilines is 1. The lowest BCUT2D eigenvalue weighted by atomic mass is 10.1. The summed E-state index contributed by atoms with van der Waals surface area (Å²) in [6, 6.07) is 0. The van der Waals surface area contributed by atoms with Crippen molar-refractivity contribution in [2.75, 3.05) is 12.3 Å². The van der Waals surface area contributed by atoms with E-state index in [1.54, 1.807) is 0 Å². The summed E-state index contributed by atoms with van der Waals surface area (Å²) in [5.74, 6) is -0.0917. The Morgan fingerprint density at radius 3 is 2.16 bits per heavy atom. The van der Waals surface area contributed by atoms with Crippen LogP contribution >= 0.6 is 0 Å². The summed E-state index contributed by atoms with van der Waals surface area (Å²) in [6.07, 6.45) is -5.66. The Morgan fingerprint density at radius 2 is 1.58 bits per heavy atom. The summed E-state index contributed by atoms with van der Waals surface area (Å²) in [4.78, 5) is 11.5. The Labute approximate surface area is 173 Å². The van der Waals surface area contributed by atoms with Crippen LogP contribution in [0.25, 0.3) is 11.2 Å². The second kappa shape index (κ2) is 8.12. The van der Waals surface area contributed by atoms with E-state index in [0.29, 0.717) is 0 Å². The number of fused-ring (bicyclic) bond motifs is 1. The molecule has 21 heteroatoms. The van der Waals surface area contributed by atoms with Crippen LogP contribution in [0.4, 0.5) is 5.82 Å². The van der Waals surface area contributed by atoms with Crippen molar-refractivity contribution in [2.24, 2.45) is 0 Å². The maximum absolute atomic E-state index is 11.3. The second-order valence-electron chi connectivity index (χ2n) is 5.84. The van der Waals surface area contributed by atoms with E-state index in [0.717, 1.165) is 17.2 Å². The summed E-state index contributed by atoms with van der Waals surface area (Å²) in [7, 11) is -15.6. The van der Waals surface area contributed by atoms with Crippen molar-refractivity contribution in [2.45, 2.75) is 24.5 Å². The molecular weight excluding hydrogens is 494 g/mol. The highest BCUT2D eigenvalue weighted by Gasteiger charge is 2.52. The summed E-state index contributed by atoms with van der Waals surface area (Å²) >= 11 is 0. The molecule has 174 valence electrons. The average molecular weight is 507 g/mol. The molecular formula is C10H13N5O13S3. The monoisotopic (exact) mass is 507 g/mol. The summed E-state index contributed by atoms with van der Waals surface area (Å²) < 4.78 is 113. The van der Waals surface area contributed by atoms with Gasteiger partial charge in [-0.3, -0.25) is 18.2 Å². The number of rotatable bonds is 8. The van der Waals surface area contributed by atoms with E-state index in [1.807, 2.05) is 0 Å². The van der Waals surface area contributed by atoms with E-state index < -0.39 is 62.3 Å². The fourth-order valence-corrected chi connectivity index (χ4v) is 4.08. The van der Waals surface area contributed by atoms with E-state index in [9.17, 15) is 25.3 Å². The van der Waals surface area contributed by atoms with Gasteiger partial charge in [0.1, 0.15) is 24.1 Å². The van der Waals surface area contributed by atoms with E-state index in [4.69, 9.17) is 24.1 Å². The molecule has 0 spiro atoms. The van der Waals surface area contributed by atoms with E-state index in [2.05, 4.69) is 27.5 Å². The minimum Gasteiger partial charge on any atom is -0.382 e. The zero-order valence-corrected chi connectivity index (χ0v) is 17.1. The second-order valence-corrected chi connectivity index (χ2v) is 9.02. The summed E-state index contributed by atoms with van der Waals surface area (Å²) in [6.45, 7) is -1.12. The Hall–Kier alpha value is -2.08. The Bertz CT molecular complexity index is 1290. The first-order valence-electron chi connectivity index (χ1n) is 7.66. The number of nitrogens with two attached hydrogens (primary N) is 1. The standard InChI is InChI=1S/C10H13N5O13S3/c11-8-5-9(13-2-12-8)15(3-14-5)10-7(28-31(22,23)24)6(27-30(19,20)21)4(26-10)1-25-29(16,17)18/h2-4,6-7,10H,1H2,(H2,11,12,13)(H,16,17,18)(H,19,20,21)(H,22,23,24)/t4-,6-,7-,10-/m1/s1. The number of ether oxygens (including phenoxy) is 1. The highest BCUT2D eigenvalue weighted by molar-refractivity contribution is 7.81. The molecule has 3 rings (SSSR count). The van der Waals surface area contributed by atoms with Gasteiger partial charge in [0, 0.05) is 0 Å². The first-order chi connectivity index (χ1) is 14.1. The molecule has 0 aliphatic carbocycles. The van der Waals surface area contributed by atoms with E-state index >= 15 is 0 Å². The maximum atomic E-state index is 11.3. The van der Waals surface area contributed by atoms with Gasteiger partial charge in [-0.25, -0.2) is 27.5 Å². The first-order valence-corrected chi connectivity index (χ1v) is 11.8. The predicted molar refractivity (Wildman–Crippen MR) is 94.0 cm³/mol. The van der Waals surface area contributed by atoms with Crippen molar-refractivity contribution < 1.29 is 56.2 Å². The third kappa shape index (κ3) is 5.79. The van der Waals surface area contributed by atoms with Crippen LogP contribution in [0.3, 0.4) is 0 Å². The van der Waals surface area contributed by atoms with Crippen molar-refractivity contribution in [3.05, 3.63) is 12.7 Å². The SMILES string of the molecule is Nc1ncnc2c1ncn2[C@@H]1O[C@H](COS(=O)(=O)O)[C@@H](OS(=O)(=O)O)[C@H]1OS(=O)(=O)O. The van der Waals surface area contributed by atoms with Gasteiger partial charge in [0.05, 0.1) is 12.9 Å². The van der Waals surface area contributed by atoms with Crippen molar-refractivity contribution in [3.63, 3.8) is 0 Å². The summed E-state index contributed by atoms with van der Waals surface area (Å²) in [5, 5.41) is 0. The van der Waals surface area contributed by atoms with E-state index in [1.165, 1.54) is 0 Å². The molecule has 0 radical (unpaired) electrons. The molecule has 0 aromatic carbocycles. The molecule has 5 N–H and O–H groups in total. The molecule has 4 atom stereocenters. The molecule has 1 aliphatic heterocycles. The van der Waals surface area contributed by atoms with Crippen LogP contribution in [0.2, 0.25) is 0 Å². The zero-order chi connectivity index (χ0) is 23.2. The molecule has 3 heterocycles. The maximum Gasteiger partial charge on any atom is 0.397 e. The van der Waals surface area contributed by atoms with Crippen LogP contribution in [0.15, 0.2) is 12.7 Å². The highest BCUT2D eigenvalue weighted by Crippen LogP contribution is 2.37. The largest absolute Gasteiger partial charge is 0.397 e. The van der Waals surface area contributed by atoms with Crippen molar-refractivity contribution >= 4 is 48.2 Å². The van der Waals surface area contributed by atoms with Gasteiger partial charge in [-0.1, -0.05) is 0 Å². The molecule has 2 aromatic heterocycles. The lowest BCUT2D eigenvalue weighted by molar-refractivity contribution is -0.0442. The molecule has 0 amide bonds. The van der Waals surface area contributed by atoms with Crippen LogP contribution in [0, 0.1) is 0 Å². The van der Waals surface area contributed by atoms with Crippen molar-refractivity contribution in [3.8, 4) is 0 Å². The molecule has 1 aliphatic rings. The minimum atomic E-state index is -5.30. The van der Waals surface area contributed by atoms with Crippen LogP contribution < -0.4 is 5.73 Å². The highest BCUT2D eigenvalue weighted by atomic mass is 32.3. The molecule has 1 saturated heterocycles. The van der Waals surface area contributed by atoms with Crippen LogP contribution in [0.1, 0.15) is 6.23 Å². The minimum absolute atomic E-state index is 0.0154. The van der Waals surface area contributed by atoms with E-state index in [-0.39, 0.29) is 17.0 Å². The smallest absolute Gasteiger partial charge is 0.382 e. The number of nitrogens with zero attached hydrogens (tertiary/aromatic N) is 4. The topological polar surface area (TPSA) is 270 Å². The number of hydrogen-bond donors (Lipinski definition) is 4. The quantitative estimate of drug-likeness (QED) is 0.269. The van der Waals surface area contributed by atoms with Crippen LogP contribution in [-0.4, -0.2) is 83.3 Å². The first kappa shape index (κ1) is 23.6. The van der Waals surface area contributed by atoms with Gasteiger partial charge in [-0.05, 0) is 0 Å². The van der Waals surface area contributed by atoms with Gasteiger partial charge in [0.25, 0.3) is 0 Å². The molecule has 2 aromatic rings. The summed E-state index contributed by atoms with van der Waals surface area (Å²) in [5.41, 5.74) is 5.60. The van der Waals surface area contributed by atoms with Crippen LogP contribution in [0.5, 0.6) is 0 Å². The van der Waals surface area contributed by atoms with Crippen molar-refractivity contribution in [1.82, 2.24) is 19.5 Å². The zero-order valence-electron chi connectivity index (χ0n) is 14.7. The average Bonchev–Trinajstić information content (AvgIpc) is 3.13. The number of nitrogen functional groups attached to an aromatic ring is 1. The van der Waals surface area contributed by atoms with Gasteiger partial charge in [-0.15, -0.1) is 0 Å². The molecule has 0 saturated carbocycles. The lowest BCUT2D eigenvalue weighted by Gasteiger charge is -2.21. The third-order valence-corrected chi connectivity index (χ3v) is 5.16. The van der Waals surface area contributed by atoms with Gasteiger partial charge in [-0.2, -0.15) is 25.3 Å². The third-order valence-electron chi connectivity index (χ3n) is 3.79. The lowest BCUT2D eigenvalue weighted by Crippen LogP contribution is -2.41. The number of hydrogen-bond acceptors (Lipinski definition) is 14. The molecule has 18 nitrogen and oxygen atoms in total. The molecule has 1 fully saturated rings. The molecule has 0 bridgehead atoms. The molecule has 0 unspecified atom stereocenters. The fourth-order valence-electron chi connectivity index (χ4n) is 2.77. The normalized spacial score (nSPS) is 25.3. The molecule has 31 heavy (non-hydrogen) atoms. The number of aromatic nitrogens is 4. The van der Waals surface area contributed by atoms with Gasteiger partial charge in [0.15, 0.2) is 23.8 Å². The fraction of sp³-hybridized carbons (Fsp3) is 0.500. The number of imidazole rings is 1. The van der Waals surface area contributed by atoms with Gasteiger partial charge < -0.3 is 10.5 Å². The van der Waals surface area contributed by atoms with Gasteiger partial charge >= 0.3 is 31.2 Å². The Kier molecular flexibility index (Phi) is 6.18. The Balaban J connectivity index is 2.09. The van der Waals surface area contributed by atoms with Crippen molar-refractivity contribution in [1.29, 1.82) is 0 Å². The van der Waals surface area contributed by atoms with Crippen LogP contribution in [-0.2, 0) is 48.5 Å².